The second-order valence-electron chi connectivity index (χ2n) is 10.8. The van der Waals surface area contributed by atoms with Gasteiger partial charge in [0.25, 0.3) is 0 Å². The summed E-state index contributed by atoms with van der Waals surface area (Å²) < 4.78 is 5.56. The van der Waals surface area contributed by atoms with E-state index in [1.165, 1.54) is 19.3 Å². The van der Waals surface area contributed by atoms with Crippen molar-refractivity contribution in [2.24, 2.45) is 11.8 Å². The molecule has 0 aromatic rings. The van der Waals surface area contributed by atoms with Crippen molar-refractivity contribution >= 4 is 17.8 Å². The van der Waals surface area contributed by atoms with Crippen molar-refractivity contribution in [3.63, 3.8) is 0 Å². The van der Waals surface area contributed by atoms with Crippen LogP contribution in [0.25, 0.3) is 0 Å². The van der Waals surface area contributed by atoms with Gasteiger partial charge in [-0.3, -0.25) is 14.4 Å². The molecule has 2 unspecified atom stereocenters. The minimum absolute atomic E-state index is 0.0405. The lowest BCUT2D eigenvalue weighted by atomic mass is 9.84. The number of unbranched alkanes of at least 4 members (excludes halogenated alkanes) is 2. The van der Waals surface area contributed by atoms with Crippen LogP contribution in [0.2, 0.25) is 0 Å². The van der Waals surface area contributed by atoms with E-state index in [1.54, 1.807) is 6.08 Å². The smallest absolute Gasteiger partial charge is 0.305 e. The van der Waals surface area contributed by atoms with Crippen LogP contribution in [0.5, 0.6) is 0 Å². The predicted molar refractivity (Wildman–Crippen MR) is 142 cm³/mol. The molecule has 0 spiro atoms. The summed E-state index contributed by atoms with van der Waals surface area (Å²) in [7, 11) is 0. The Morgan fingerprint density at radius 2 is 1.75 bits per heavy atom. The van der Waals surface area contributed by atoms with Crippen LogP contribution in [0.4, 0.5) is 0 Å². The van der Waals surface area contributed by atoms with Crippen molar-refractivity contribution in [2.75, 3.05) is 13.2 Å². The van der Waals surface area contributed by atoms with Crippen LogP contribution < -0.4 is 10.6 Å². The molecule has 2 amide bonds. The quantitative estimate of drug-likeness (QED) is 0.151. The summed E-state index contributed by atoms with van der Waals surface area (Å²) in [5.74, 6) is -0.721. The number of hydrogen-bond donors (Lipinski definition) is 3. The summed E-state index contributed by atoms with van der Waals surface area (Å²) in [6.45, 7) is 7.54. The lowest BCUT2D eigenvalue weighted by molar-refractivity contribution is -0.145. The van der Waals surface area contributed by atoms with Gasteiger partial charge in [0.2, 0.25) is 11.8 Å². The van der Waals surface area contributed by atoms with Gasteiger partial charge in [-0.2, -0.15) is 0 Å². The molecule has 204 valence electrons. The van der Waals surface area contributed by atoms with Gasteiger partial charge in [0.15, 0.2) is 0 Å². The fourth-order valence-corrected chi connectivity index (χ4v) is 5.57. The molecule has 7 nitrogen and oxygen atoms in total. The highest BCUT2D eigenvalue weighted by atomic mass is 16.5. The maximum Gasteiger partial charge on any atom is 0.305 e. The van der Waals surface area contributed by atoms with E-state index in [2.05, 4.69) is 23.8 Å². The van der Waals surface area contributed by atoms with Crippen LogP contribution >= 0.6 is 0 Å². The highest BCUT2D eigenvalue weighted by Crippen LogP contribution is 2.30. The number of rotatable bonds is 17. The lowest BCUT2D eigenvalue weighted by Gasteiger charge is -2.30. The Labute approximate surface area is 217 Å². The molecular formula is C29H48N2O5. The molecule has 2 aliphatic carbocycles. The fourth-order valence-electron chi connectivity index (χ4n) is 5.57. The Balaban J connectivity index is 1.95. The zero-order valence-corrected chi connectivity index (χ0v) is 22.1. The van der Waals surface area contributed by atoms with E-state index in [1.807, 2.05) is 6.08 Å². The van der Waals surface area contributed by atoms with Crippen molar-refractivity contribution in [1.82, 2.24) is 10.6 Å². The largest absolute Gasteiger partial charge is 0.463 e. The van der Waals surface area contributed by atoms with Gasteiger partial charge < -0.3 is 20.5 Å². The van der Waals surface area contributed by atoms with Crippen molar-refractivity contribution < 1.29 is 24.2 Å². The molecule has 0 heterocycles. The van der Waals surface area contributed by atoms with E-state index in [-0.39, 0.29) is 43.5 Å². The summed E-state index contributed by atoms with van der Waals surface area (Å²) in [6.07, 6.45) is 17.0. The Morgan fingerprint density at radius 3 is 2.39 bits per heavy atom. The number of allylic oxidation sites excluding steroid dienone is 2. The second-order valence-corrected chi connectivity index (χ2v) is 10.8. The Bertz CT molecular complexity index is 710. The third kappa shape index (κ3) is 10.9. The summed E-state index contributed by atoms with van der Waals surface area (Å²) in [6, 6.07) is -0.272. The molecule has 2 fully saturated rings. The highest BCUT2D eigenvalue weighted by Gasteiger charge is 2.35. The SMILES string of the molecule is C=CCCCCC(=O)OCC(CC1CCCCC1)NC(=O)C(CC=C)CC(=O)NC1(CO)CCCC1. The molecule has 36 heavy (non-hydrogen) atoms. The zero-order chi connectivity index (χ0) is 26.2. The third-order valence-electron chi connectivity index (χ3n) is 7.70. The van der Waals surface area contributed by atoms with Gasteiger partial charge in [0.1, 0.15) is 6.61 Å². The molecule has 0 saturated heterocycles. The van der Waals surface area contributed by atoms with Crippen molar-refractivity contribution in [1.29, 1.82) is 0 Å². The monoisotopic (exact) mass is 504 g/mol. The number of aliphatic hydroxyl groups is 1. The summed E-state index contributed by atoms with van der Waals surface area (Å²) in [5.41, 5.74) is -0.560. The maximum atomic E-state index is 13.3. The van der Waals surface area contributed by atoms with Crippen molar-refractivity contribution in [3.8, 4) is 0 Å². The standard InChI is InChI=1S/C29H48N2O5/c1-3-5-6-10-16-27(34)36-21-25(19-23-14-8-7-9-15-23)30-28(35)24(13-4-2)20-26(33)31-29(22-32)17-11-12-18-29/h3-4,23-25,32H,1-2,5-22H2,(H,30,35)(H,31,33). The minimum Gasteiger partial charge on any atom is -0.463 e. The third-order valence-corrected chi connectivity index (χ3v) is 7.70. The van der Waals surface area contributed by atoms with Gasteiger partial charge in [-0.25, -0.2) is 0 Å². The van der Waals surface area contributed by atoms with Crippen LogP contribution in [0, 0.1) is 11.8 Å². The number of carbonyl (C=O) groups excluding carboxylic acids is 3. The van der Waals surface area contributed by atoms with Crippen molar-refractivity contribution in [3.05, 3.63) is 25.3 Å². The number of amides is 2. The van der Waals surface area contributed by atoms with E-state index in [0.29, 0.717) is 18.8 Å². The van der Waals surface area contributed by atoms with Crippen molar-refractivity contribution in [2.45, 2.75) is 114 Å². The highest BCUT2D eigenvalue weighted by molar-refractivity contribution is 5.86. The number of aliphatic hydroxyl groups excluding tert-OH is 1. The van der Waals surface area contributed by atoms with E-state index < -0.39 is 11.5 Å². The summed E-state index contributed by atoms with van der Waals surface area (Å²) >= 11 is 0. The first-order valence-corrected chi connectivity index (χ1v) is 14.0. The maximum absolute atomic E-state index is 13.3. The van der Waals surface area contributed by atoms with Crippen LogP contribution in [0.3, 0.4) is 0 Å². The van der Waals surface area contributed by atoms with Gasteiger partial charge >= 0.3 is 5.97 Å². The van der Waals surface area contributed by atoms with Gasteiger partial charge in [0, 0.05) is 12.8 Å². The Morgan fingerprint density at radius 1 is 1.03 bits per heavy atom. The van der Waals surface area contributed by atoms with E-state index in [0.717, 1.165) is 64.2 Å². The van der Waals surface area contributed by atoms with E-state index >= 15 is 0 Å². The summed E-state index contributed by atoms with van der Waals surface area (Å²) in [4.78, 5) is 38.3. The number of nitrogens with one attached hydrogen (secondary N) is 2. The van der Waals surface area contributed by atoms with E-state index in [9.17, 15) is 19.5 Å². The van der Waals surface area contributed by atoms with Crippen LogP contribution in [0.1, 0.15) is 103 Å². The first-order chi connectivity index (χ1) is 17.4. The average molecular weight is 505 g/mol. The molecular weight excluding hydrogens is 456 g/mol. The van der Waals surface area contributed by atoms with Gasteiger partial charge in [-0.15, -0.1) is 13.2 Å². The van der Waals surface area contributed by atoms with Gasteiger partial charge in [-0.05, 0) is 50.9 Å². The van der Waals surface area contributed by atoms with Crippen LogP contribution in [-0.4, -0.2) is 47.7 Å². The second kappa shape index (κ2) is 16.6. The molecule has 0 aromatic heterocycles. The molecule has 7 heteroatoms. The molecule has 0 aliphatic heterocycles. The molecule has 2 saturated carbocycles. The molecule has 2 aliphatic rings. The van der Waals surface area contributed by atoms with Crippen LogP contribution in [0.15, 0.2) is 25.3 Å². The number of hydrogen-bond acceptors (Lipinski definition) is 5. The zero-order valence-electron chi connectivity index (χ0n) is 22.1. The molecule has 2 rings (SSSR count). The van der Waals surface area contributed by atoms with Crippen LogP contribution in [-0.2, 0) is 19.1 Å². The predicted octanol–water partition coefficient (Wildman–Crippen LogP) is 4.73. The number of carbonyl (C=O) groups is 3. The Hall–Kier alpha value is -2.15. The number of esters is 1. The first kappa shape index (κ1) is 30.1. The molecule has 3 N–H and O–H groups in total. The topological polar surface area (TPSA) is 105 Å². The lowest BCUT2D eigenvalue weighted by Crippen LogP contribution is -2.50. The number of ether oxygens (including phenoxy) is 1. The molecule has 0 aromatic carbocycles. The first-order valence-electron chi connectivity index (χ1n) is 14.0. The fraction of sp³-hybridized carbons (Fsp3) is 0.759. The normalized spacial score (nSPS) is 19.1. The molecule has 0 bridgehead atoms. The van der Waals surface area contributed by atoms with Gasteiger partial charge in [0.05, 0.1) is 24.1 Å². The minimum atomic E-state index is -0.560. The summed E-state index contributed by atoms with van der Waals surface area (Å²) in [5, 5.41) is 15.9. The molecule has 0 radical (unpaired) electrons. The van der Waals surface area contributed by atoms with E-state index in [4.69, 9.17) is 4.74 Å². The Kier molecular flexibility index (Phi) is 13.8. The molecule has 2 atom stereocenters. The van der Waals surface area contributed by atoms with Gasteiger partial charge in [-0.1, -0.05) is 57.1 Å². The average Bonchev–Trinajstić information content (AvgIpc) is 3.34.